The van der Waals surface area contributed by atoms with Crippen LogP contribution in [-0.4, -0.2) is 17.4 Å². The van der Waals surface area contributed by atoms with Crippen LogP contribution in [0.4, 0.5) is 0 Å². The maximum Gasteiger partial charge on any atom is 0.161 e. The number of hydrogen-bond acceptors (Lipinski definition) is 4. The lowest BCUT2D eigenvalue weighted by Crippen LogP contribution is -2.11. The molecule has 21 heavy (non-hydrogen) atoms. The average molecular weight is 350 g/mol. The third kappa shape index (κ3) is 4.19. The molecule has 2 aromatic rings. The Balaban J connectivity index is 2.14. The number of halogens is 1. The largest absolute Gasteiger partial charge is 0.490 e. The van der Waals surface area contributed by atoms with Crippen molar-refractivity contribution in [1.82, 2.24) is 4.98 Å². The summed E-state index contributed by atoms with van der Waals surface area (Å²) in [5.74, 6) is 1.17. The molecule has 0 saturated carbocycles. The average Bonchev–Trinajstić information content (AvgIpc) is 2.47. The number of rotatable bonds is 6. The van der Waals surface area contributed by atoms with Crippen LogP contribution in [0.25, 0.3) is 0 Å². The molecule has 2 rings (SSSR count). The molecule has 0 fully saturated rings. The number of nitrogens with zero attached hydrogens (tertiary/aromatic N) is 1. The van der Waals surface area contributed by atoms with Crippen molar-refractivity contribution >= 4 is 21.8 Å². The van der Waals surface area contributed by atoms with E-state index < -0.39 is 0 Å². The summed E-state index contributed by atoms with van der Waals surface area (Å²) in [5, 5.41) is 7.46. The predicted molar refractivity (Wildman–Crippen MR) is 84.9 cm³/mol. The number of benzene rings is 1. The van der Waals surface area contributed by atoms with E-state index in [0.717, 1.165) is 10.2 Å². The van der Waals surface area contributed by atoms with Crippen LogP contribution in [0, 0.1) is 5.41 Å². The van der Waals surface area contributed by atoms with Crippen molar-refractivity contribution in [2.45, 2.75) is 13.5 Å². The molecule has 0 bridgehead atoms. The highest BCUT2D eigenvalue weighted by Crippen LogP contribution is 2.29. The second-order valence-electron chi connectivity index (χ2n) is 4.26. The van der Waals surface area contributed by atoms with Crippen LogP contribution in [0.1, 0.15) is 18.2 Å². The zero-order chi connectivity index (χ0) is 15.2. The van der Waals surface area contributed by atoms with Crippen molar-refractivity contribution < 1.29 is 9.47 Å². The topological polar surface area (TPSA) is 81.2 Å². The predicted octanol–water partition coefficient (Wildman–Crippen LogP) is 3.11. The molecule has 5 nitrogen and oxygen atoms in total. The van der Waals surface area contributed by atoms with E-state index >= 15 is 0 Å². The van der Waals surface area contributed by atoms with E-state index in [-0.39, 0.29) is 5.84 Å². The van der Waals surface area contributed by atoms with E-state index in [0.29, 0.717) is 30.3 Å². The number of nitrogen functional groups attached to an aromatic ring is 1. The Morgan fingerprint density at radius 1 is 1.24 bits per heavy atom. The monoisotopic (exact) mass is 349 g/mol. The number of amidine groups is 1. The van der Waals surface area contributed by atoms with Gasteiger partial charge in [0.05, 0.1) is 12.3 Å². The SMILES string of the molecule is CCOc1cc(C(=N)N)ccc1OCc1ccc(Br)cn1. The van der Waals surface area contributed by atoms with Crippen LogP contribution in [0.3, 0.4) is 0 Å². The number of nitrogens with two attached hydrogens (primary N) is 1. The Kier molecular flexibility index (Phi) is 5.16. The van der Waals surface area contributed by atoms with Gasteiger partial charge in [-0.2, -0.15) is 0 Å². The minimum atomic E-state index is -0.00270. The van der Waals surface area contributed by atoms with E-state index in [4.69, 9.17) is 20.6 Å². The quantitative estimate of drug-likeness (QED) is 0.620. The highest BCUT2D eigenvalue weighted by atomic mass is 79.9. The summed E-state index contributed by atoms with van der Waals surface area (Å²) < 4.78 is 12.2. The van der Waals surface area contributed by atoms with Crippen molar-refractivity contribution in [1.29, 1.82) is 5.41 Å². The Morgan fingerprint density at radius 2 is 2.05 bits per heavy atom. The highest BCUT2D eigenvalue weighted by molar-refractivity contribution is 9.10. The molecule has 0 spiro atoms. The Morgan fingerprint density at radius 3 is 2.67 bits per heavy atom. The van der Waals surface area contributed by atoms with Crippen molar-refractivity contribution in [3.8, 4) is 11.5 Å². The summed E-state index contributed by atoms with van der Waals surface area (Å²) in [6.07, 6.45) is 1.72. The van der Waals surface area contributed by atoms with Gasteiger partial charge in [0, 0.05) is 16.2 Å². The van der Waals surface area contributed by atoms with E-state index in [1.165, 1.54) is 0 Å². The molecule has 0 aliphatic rings. The Labute approximate surface area is 131 Å². The van der Waals surface area contributed by atoms with Gasteiger partial charge in [-0.25, -0.2) is 0 Å². The summed E-state index contributed by atoms with van der Waals surface area (Å²) in [7, 11) is 0. The molecule has 0 unspecified atom stereocenters. The second kappa shape index (κ2) is 7.08. The first-order chi connectivity index (χ1) is 10.1. The summed E-state index contributed by atoms with van der Waals surface area (Å²) in [5.41, 5.74) is 6.90. The third-order valence-corrected chi connectivity index (χ3v) is 3.19. The first-order valence-electron chi connectivity index (χ1n) is 6.44. The molecule has 0 radical (unpaired) electrons. The number of nitrogens with one attached hydrogen (secondary N) is 1. The molecule has 0 aliphatic carbocycles. The molecule has 0 aliphatic heterocycles. The van der Waals surface area contributed by atoms with Gasteiger partial charge in [-0.1, -0.05) is 0 Å². The number of aromatic nitrogens is 1. The molecule has 0 amide bonds. The van der Waals surface area contributed by atoms with Gasteiger partial charge in [0.1, 0.15) is 12.4 Å². The second-order valence-corrected chi connectivity index (χ2v) is 5.18. The van der Waals surface area contributed by atoms with Crippen molar-refractivity contribution in [2.24, 2.45) is 5.73 Å². The number of pyridine rings is 1. The molecule has 6 heteroatoms. The van der Waals surface area contributed by atoms with Crippen LogP contribution < -0.4 is 15.2 Å². The first kappa shape index (κ1) is 15.3. The van der Waals surface area contributed by atoms with Gasteiger partial charge in [-0.3, -0.25) is 10.4 Å². The van der Waals surface area contributed by atoms with Crippen LogP contribution >= 0.6 is 15.9 Å². The van der Waals surface area contributed by atoms with Crippen molar-refractivity contribution in [2.75, 3.05) is 6.61 Å². The van der Waals surface area contributed by atoms with Gasteiger partial charge in [0.25, 0.3) is 0 Å². The lowest BCUT2D eigenvalue weighted by Gasteiger charge is -2.13. The minimum absolute atomic E-state index is 0.00270. The fraction of sp³-hybridized carbons (Fsp3) is 0.200. The number of hydrogen-bond donors (Lipinski definition) is 2. The maximum atomic E-state index is 7.46. The molecular weight excluding hydrogens is 334 g/mol. The zero-order valence-electron chi connectivity index (χ0n) is 11.6. The van der Waals surface area contributed by atoms with Gasteiger partial charge in [-0.15, -0.1) is 0 Å². The summed E-state index contributed by atoms with van der Waals surface area (Å²) in [6, 6.07) is 8.98. The maximum absolute atomic E-state index is 7.46. The molecule has 0 atom stereocenters. The fourth-order valence-electron chi connectivity index (χ4n) is 1.71. The molecule has 1 aromatic carbocycles. The smallest absolute Gasteiger partial charge is 0.161 e. The molecule has 3 N–H and O–H groups in total. The standard InChI is InChI=1S/C15H16BrN3O2/c1-2-20-14-7-10(15(17)18)3-6-13(14)21-9-12-5-4-11(16)8-19-12/h3-8H,2,9H2,1H3,(H3,17,18). The van der Waals surface area contributed by atoms with Crippen molar-refractivity contribution in [3.05, 3.63) is 52.3 Å². The number of ether oxygens (including phenoxy) is 2. The van der Waals surface area contributed by atoms with E-state index in [2.05, 4.69) is 20.9 Å². The van der Waals surface area contributed by atoms with Crippen LogP contribution in [0.2, 0.25) is 0 Å². The van der Waals surface area contributed by atoms with Gasteiger partial charge >= 0.3 is 0 Å². The Hall–Kier alpha value is -2.08. The van der Waals surface area contributed by atoms with E-state index in [1.54, 1.807) is 24.4 Å². The van der Waals surface area contributed by atoms with Crippen LogP contribution in [0.5, 0.6) is 11.5 Å². The molecule has 1 heterocycles. The summed E-state index contributed by atoms with van der Waals surface area (Å²) in [4.78, 5) is 4.25. The van der Waals surface area contributed by atoms with Gasteiger partial charge < -0.3 is 15.2 Å². The van der Waals surface area contributed by atoms with E-state index in [1.807, 2.05) is 19.1 Å². The molecular formula is C15H16BrN3O2. The molecule has 110 valence electrons. The first-order valence-corrected chi connectivity index (χ1v) is 7.24. The van der Waals surface area contributed by atoms with Crippen molar-refractivity contribution in [3.63, 3.8) is 0 Å². The van der Waals surface area contributed by atoms with Gasteiger partial charge in [0.15, 0.2) is 11.5 Å². The minimum Gasteiger partial charge on any atom is -0.490 e. The normalized spacial score (nSPS) is 10.2. The molecule has 1 aromatic heterocycles. The van der Waals surface area contributed by atoms with Gasteiger partial charge in [-0.05, 0) is 53.2 Å². The summed E-state index contributed by atoms with van der Waals surface area (Å²) in [6.45, 7) is 2.74. The fourth-order valence-corrected chi connectivity index (χ4v) is 1.94. The van der Waals surface area contributed by atoms with E-state index in [9.17, 15) is 0 Å². The third-order valence-electron chi connectivity index (χ3n) is 2.72. The highest BCUT2D eigenvalue weighted by Gasteiger charge is 2.08. The lowest BCUT2D eigenvalue weighted by molar-refractivity contribution is 0.266. The van der Waals surface area contributed by atoms with Gasteiger partial charge in [0.2, 0.25) is 0 Å². The Bertz CT molecular complexity index is 629. The van der Waals surface area contributed by atoms with Crippen LogP contribution in [0.15, 0.2) is 41.0 Å². The lowest BCUT2D eigenvalue weighted by atomic mass is 10.2. The molecule has 0 saturated heterocycles. The van der Waals surface area contributed by atoms with Crippen LogP contribution in [-0.2, 0) is 6.61 Å². The summed E-state index contributed by atoms with van der Waals surface area (Å²) >= 11 is 3.34. The zero-order valence-corrected chi connectivity index (χ0v) is 13.2.